The number of nitrogens with zero attached hydrogens (tertiary/aromatic N) is 1. The van der Waals surface area contributed by atoms with E-state index in [2.05, 4.69) is 0 Å². The first kappa shape index (κ1) is 10.9. The fourth-order valence-electron chi connectivity index (χ4n) is 1.22. The van der Waals surface area contributed by atoms with Gasteiger partial charge in [0.25, 0.3) is 5.56 Å². The Bertz CT molecular complexity index is 384. The van der Waals surface area contributed by atoms with Crippen molar-refractivity contribution < 1.29 is 0 Å². The third kappa shape index (κ3) is 3.30. The third-order valence-electron chi connectivity index (χ3n) is 1.97. The summed E-state index contributed by atoms with van der Waals surface area (Å²) in [6.45, 7) is 2.58. The van der Waals surface area contributed by atoms with Crippen molar-refractivity contribution in [2.24, 2.45) is 5.73 Å². The van der Waals surface area contributed by atoms with E-state index in [9.17, 15) is 4.79 Å². The predicted octanol–water partition coefficient (Wildman–Crippen LogP) is 1.22. The van der Waals surface area contributed by atoms with Crippen LogP contribution < -0.4 is 11.3 Å². The maximum absolute atomic E-state index is 11.4. The van der Waals surface area contributed by atoms with Crippen LogP contribution in [-0.2, 0) is 6.54 Å². The maximum atomic E-state index is 11.4. The van der Waals surface area contributed by atoms with Crippen molar-refractivity contribution in [3.63, 3.8) is 0 Å². The van der Waals surface area contributed by atoms with Gasteiger partial charge in [0.1, 0.15) is 0 Å². The fourth-order valence-corrected chi connectivity index (χ4v) is 1.36. The molecule has 0 aliphatic rings. The summed E-state index contributed by atoms with van der Waals surface area (Å²) in [6.07, 6.45) is 3.31. The van der Waals surface area contributed by atoms with Crippen LogP contribution in [-0.4, -0.2) is 9.56 Å². The van der Waals surface area contributed by atoms with Gasteiger partial charge in [-0.2, -0.15) is 0 Å². The van der Waals surface area contributed by atoms with Gasteiger partial charge in [-0.25, -0.2) is 0 Å². The maximum Gasteiger partial charge on any atom is 0.250 e. The van der Waals surface area contributed by atoms with E-state index in [1.165, 1.54) is 0 Å². The molecule has 0 aliphatic heterocycles. The molecule has 3 nitrogen and oxygen atoms in total. The highest BCUT2D eigenvalue weighted by atomic mass is 32.1. The molecule has 0 bridgehead atoms. The Kier molecular flexibility index (Phi) is 3.83. The summed E-state index contributed by atoms with van der Waals surface area (Å²) in [4.78, 5) is 11.9. The lowest BCUT2D eigenvalue weighted by molar-refractivity contribution is 0.636. The number of aryl methyl sites for hydroxylation is 2. The zero-order chi connectivity index (χ0) is 10.6. The highest BCUT2D eigenvalue weighted by molar-refractivity contribution is 7.80. The predicted molar refractivity (Wildman–Crippen MR) is 61.5 cm³/mol. The molecule has 14 heavy (non-hydrogen) atoms. The van der Waals surface area contributed by atoms with Crippen molar-refractivity contribution in [3.05, 3.63) is 34.2 Å². The highest BCUT2D eigenvalue weighted by Crippen LogP contribution is 1.95. The molecule has 0 radical (unpaired) electrons. The molecule has 1 aromatic heterocycles. The number of pyridine rings is 1. The van der Waals surface area contributed by atoms with Crippen molar-refractivity contribution >= 4 is 17.2 Å². The Morgan fingerprint density at radius 1 is 1.64 bits per heavy atom. The van der Waals surface area contributed by atoms with Gasteiger partial charge in [0, 0.05) is 18.8 Å². The Hall–Kier alpha value is -1.16. The molecule has 1 rings (SSSR count). The molecule has 0 fully saturated rings. The summed E-state index contributed by atoms with van der Waals surface area (Å²) < 4.78 is 1.67. The molecular weight excluding hydrogens is 196 g/mol. The van der Waals surface area contributed by atoms with Crippen molar-refractivity contribution in [1.82, 2.24) is 4.57 Å². The van der Waals surface area contributed by atoms with Crippen molar-refractivity contribution in [3.8, 4) is 0 Å². The second kappa shape index (κ2) is 4.91. The van der Waals surface area contributed by atoms with Crippen LogP contribution in [0.2, 0.25) is 0 Å². The van der Waals surface area contributed by atoms with Crippen LogP contribution in [0.15, 0.2) is 23.1 Å². The number of hydrogen-bond donors (Lipinski definition) is 1. The number of rotatable bonds is 4. The number of hydrogen-bond acceptors (Lipinski definition) is 2. The molecule has 0 spiro atoms. The van der Waals surface area contributed by atoms with E-state index >= 15 is 0 Å². The molecule has 2 N–H and O–H groups in total. The normalized spacial score (nSPS) is 10.1. The minimum atomic E-state index is 0.0351. The Morgan fingerprint density at radius 3 is 2.93 bits per heavy atom. The van der Waals surface area contributed by atoms with Gasteiger partial charge in [0.05, 0.1) is 4.99 Å². The summed E-state index contributed by atoms with van der Waals surface area (Å²) in [7, 11) is 0. The Labute approximate surface area is 88.5 Å². The van der Waals surface area contributed by atoms with Gasteiger partial charge in [-0.15, -0.1) is 0 Å². The summed E-state index contributed by atoms with van der Waals surface area (Å²) in [6, 6.07) is 3.54. The van der Waals surface area contributed by atoms with Crippen LogP contribution in [0.25, 0.3) is 0 Å². The van der Waals surface area contributed by atoms with Gasteiger partial charge in [0.2, 0.25) is 0 Å². The smallest absolute Gasteiger partial charge is 0.250 e. The van der Waals surface area contributed by atoms with Crippen LogP contribution >= 0.6 is 12.2 Å². The molecular formula is C10H14N2OS. The second-order valence-electron chi connectivity index (χ2n) is 3.31. The van der Waals surface area contributed by atoms with Gasteiger partial charge in [-0.3, -0.25) is 4.79 Å². The minimum absolute atomic E-state index is 0.0351. The highest BCUT2D eigenvalue weighted by Gasteiger charge is 1.96. The number of nitrogens with two attached hydrogens (primary N) is 1. The molecule has 0 aliphatic carbocycles. The average Bonchev–Trinajstić information content (AvgIpc) is 2.08. The molecule has 0 saturated heterocycles. The van der Waals surface area contributed by atoms with E-state index < -0.39 is 0 Å². The van der Waals surface area contributed by atoms with E-state index in [1.54, 1.807) is 16.8 Å². The van der Waals surface area contributed by atoms with Gasteiger partial charge >= 0.3 is 0 Å². The largest absolute Gasteiger partial charge is 0.393 e. The molecule has 0 atom stereocenters. The van der Waals surface area contributed by atoms with Crippen LogP contribution in [0.3, 0.4) is 0 Å². The fraction of sp³-hybridized carbons (Fsp3) is 0.400. The summed E-state index contributed by atoms with van der Waals surface area (Å²) >= 11 is 4.75. The molecule has 0 aromatic carbocycles. The van der Waals surface area contributed by atoms with E-state index in [-0.39, 0.29) is 5.56 Å². The first-order valence-corrected chi connectivity index (χ1v) is 4.96. The van der Waals surface area contributed by atoms with Gasteiger partial charge < -0.3 is 10.3 Å². The summed E-state index contributed by atoms with van der Waals surface area (Å²) in [5, 5.41) is 0. The first-order valence-electron chi connectivity index (χ1n) is 4.55. The Morgan fingerprint density at radius 2 is 2.36 bits per heavy atom. The minimum Gasteiger partial charge on any atom is -0.393 e. The van der Waals surface area contributed by atoms with Gasteiger partial charge in [-0.1, -0.05) is 12.2 Å². The molecule has 0 amide bonds. The topological polar surface area (TPSA) is 48.0 Å². The molecule has 1 heterocycles. The SMILES string of the molecule is Cc1ccn(CCCC(N)=S)c(=O)c1. The van der Waals surface area contributed by atoms with Gasteiger partial charge in [0.15, 0.2) is 0 Å². The van der Waals surface area contributed by atoms with E-state index in [0.717, 1.165) is 12.0 Å². The lowest BCUT2D eigenvalue weighted by atomic mass is 10.3. The lowest BCUT2D eigenvalue weighted by Crippen LogP contribution is -2.19. The zero-order valence-corrected chi connectivity index (χ0v) is 9.01. The number of aromatic nitrogens is 1. The van der Waals surface area contributed by atoms with Crippen molar-refractivity contribution in [2.75, 3.05) is 0 Å². The number of thiocarbonyl (C=S) groups is 1. The van der Waals surface area contributed by atoms with E-state index in [1.807, 2.05) is 13.0 Å². The van der Waals surface area contributed by atoms with Crippen LogP contribution in [0, 0.1) is 6.92 Å². The third-order valence-corrected chi connectivity index (χ3v) is 2.18. The summed E-state index contributed by atoms with van der Waals surface area (Å²) in [5.41, 5.74) is 6.38. The average molecular weight is 210 g/mol. The zero-order valence-electron chi connectivity index (χ0n) is 8.19. The van der Waals surface area contributed by atoms with Crippen LogP contribution in [0.4, 0.5) is 0 Å². The monoisotopic (exact) mass is 210 g/mol. The van der Waals surface area contributed by atoms with Crippen molar-refractivity contribution in [2.45, 2.75) is 26.3 Å². The van der Waals surface area contributed by atoms with E-state index in [4.69, 9.17) is 18.0 Å². The van der Waals surface area contributed by atoms with Gasteiger partial charge in [-0.05, 0) is 31.4 Å². The molecule has 76 valence electrons. The standard InChI is InChI=1S/C10H14N2OS/c1-8-4-6-12(10(13)7-8)5-2-3-9(11)14/h4,6-7H,2-3,5H2,1H3,(H2,11,14). The second-order valence-corrected chi connectivity index (χ2v) is 3.83. The molecule has 0 saturated carbocycles. The quantitative estimate of drug-likeness (QED) is 0.760. The van der Waals surface area contributed by atoms with E-state index in [0.29, 0.717) is 18.0 Å². The lowest BCUT2D eigenvalue weighted by Gasteiger charge is -2.04. The van der Waals surface area contributed by atoms with Crippen LogP contribution in [0.1, 0.15) is 18.4 Å². The first-order chi connectivity index (χ1) is 6.59. The van der Waals surface area contributed by atoms with Crippen LogP contribution in [0.5, 0.6) is 0 Å². The molecule has 4 heteroatoms. The molecule has 0 unspecified atom stereocenters. The Balaban J connectivity index is 2.59. The summed E-state index contributed by atoms with van der Waals surface area (Å²) in [5.74, 6) is 0. The van der Waals surface area contributed by atoms with Crippen molar-refractivity contribution in [1.29, 1.82) is 0 Å². The molecule has 1 aromatic rings.